The Morgan fingerprint density at radius 1 is 0.411 bits per heavy atom. The third-order valence-corrected chi connectivity index (χ3v) is 17.9. The smallest absolute Gasteiger partial charge is 0.167 e. The van der Waals surface area contributed by atoms with E-state index >= 15 is 0 Å². The summed E-state index contributed by atoms with van der Waals surface area (Å²) in [6.45, 7) is 21.8. The van der Waals surface area contributed by atoms with Gasteiger partial charge in [-0.3, -0.25) is 0 Å². The predicted octanol–water partition coefficient (Wildman–Crippen LogP) is 19.5. The highest BCUT2D eigenvalue weighted by molar-refractivity contribution is 5.79. The van der Waals surface area contributed by atoms with Gasteiger partial charge in [0.15, 0.2) is 34.9 Å². The summed E-state index contributed by atoms with van der Waals surface area (Å²) in [5.74, 6) is 4.38. The van der Waals surface area contributed by atoms with Gasteiger partial charge in [0, 0.05) is 54.2 Å². The molecule has 0 bridgehead atoms. The molecule has 14 heteroatoms. The number of aryl methyl sites for hydroxylation is 6. The van der Waals surface area contributed by atoms with Crippen molar-refractivity contribution in [3.63, 3.8) is 0 Å². The summed E-state index contributed by atoms with van der Waals surface area (Å²) in [7, 11) is 0. The maximum atomic E-state index is 11.6. The lowest BCUT2D eigenvalue weighted by Gasteiger charge is -2.19. The van der Waals surface area contributed by atoms with Gasteiger partial charge in [0.25, 0.3) is 0 Å². The van der Waals surface area contributed by atoms with Crippen LogP contribution >= 0.6 is 0 Å². The first kappa shape index (κ1) is 73.4. The Labute approximate surface area is 567 Å². The molecule has 0 spiro atoms. The van der Waals surface area contributed by atoms with E-state index in [9.17, 15) is 15.3 Å². The van der Waals surface area contributed by atoms with Crippen LogP contribution in [0, 0.1) is 47.5 Å². The normalized spacial score (nSPS) is 13.8. The van der Waals surface area contributed by atoms with Crippen LogP contribution in [0.5, 0.6) is 23.0 Å². The Balaban J connectivity index is 0.722. The fourth-order valence-electron chi connectivity index (χ4n) is 12.4. The fraction of sp³-hybridized carbons (Fsp3) is 0.506. The number of allylic oxidation sites excluding steroid dienone is 4. The minimum atomic E-state index is -0.814. The zero-order valence-corrected chi connectivity index (χ0v) is 58.6. The van der Waals surface area contributed by atoms with Crippen molar-refractivity contribution in [3.8, 4) is 79.9 Å². The Morgan fingerprint density at radius 2 is 0.779 bits per heavy atom. The summed E-state index contributed by atoms with van der Waals surface area (Å²) in [6.07, 6.45) is 29.7. The lowest BCUT2D eigenvalue weighted by molar-refractivity contribution is -0.0389. The number of hydrogen-bond donors (Lipinski definition) is 3. The molecule has 3 N–H and O–H groups in total. The molecule has 3 atom stereocenters. The molecule has 0 aliphatic heterocycles. The number of aliphatic hydroxyl groups excluding tert-OH is 1. The van der Waals surface area contributed by atoms with Gasteiger partial charge in [-0.25, -0.2) is 29.9 Å². The zero-order valence-electron chi connectivity index (χ0n) is 58.6. The Kier molecular flexibility index (Phi) is 30.2. The van der Waals surface area contributed by atoms with Gasteiger partial charge in [-0.15, -0.1) is 0 Å². The molecular weight excluding hydrogens is 1180 g/mol. The molecule has 0 fully saturated rings. The Hall–Kier alpha value is -7.36. The highest BCUT2D eigenvalue weighted by Gasteiger charge is 2.22. The number of unbranched alkanes of at least 4 members (excludes halogenated alkanes) is 19. The second-order valence-electron chi connectivity index (χ2n) is 26.6. The second kappa shape index (κ2) is 39.0. The van der Waals surface area contributed by atoms with Gasteiger partial charge in [-0.1, -0.05) is 213 Å². The summed E-state index contributed by atoms with van der Waals surface area (Å²) >= 11 is 0. The number of aromatic nitrogens is 6. The van der Waals surface area contributed by atoms with Crippen molar-refractivity contribution in [1.82, 2.24) is 29.9 Å². The van der Waals surface area contributed by atoms with Gasteiger partial charge in [-0.2, -0.15) is 0 Å². The molecular formula is C81H108N6O8. The van der Waals surface area contributed by atoms with Crippen LogP contribution < -0.4 is 9.47 Å². The van der Waals surface area contributed by atoms with E-state index in [-0.39, 0.29) is 30.8 Å². The van der Waals surface area contributed by atoms with Crippen molar-refractivity contribution in [2.45, 2.75) is 216 Å². The topological polar surface area (TPSA) is 184 Å². The van der Waals surface area contributed by atoms with E-state index in [2.05, 4.69) is 123 Å². The highest BCUT2D eigenvalue weighted by Crippen LogP contribution is 2.37. The van der Waals surface area contributed by atoms with Crippen molar-refractivity contribution in [2.24, 2.45) is 5.92 Å². The maximum Gasteiger partial charge on any atom is 0.167 e. The Bertz CT molecular complexity index is 3510. The number of aliphatic hydroxyl groups is 1. The first-order valence-electron chi connectivity index (χ1n) is 35.6. The molecule has 1 aliphatic rings. The lowest BCUT2D eigenvalue weighted by Crippen LogP contribution is -2.28. The third kappa shape index (κ3) is 23.8. The minimum Gasteiger partial charge on any atom is -0.507 e. The number of phenolic OH excluding ortho intramolecular Hbond substituents is 2. The third-order valence-electron chi connectivity index (χ3n) is 17.9. The molecule has 0 radical (unpaired) electrons. The fourth-order valence-corrected chi connectivity index (χ4v) is 12.4. The summed E-state index contributed by atoms with van der Waals surface area (Å²) in [5, 5.41) is 33.6. The standard InChI is InChI=1S/C81H108N6O8/c1-10-11-12-13-14-15-16-19-23-26-29-44-92-54-67(55-95-66-36-42-73(75(90)51-66)81-86-78(70-39-33-58(4)48-62(70)8)83-79(87-81)71-40-34-59(5)49-63(71)9)93-45-30-27-24-21-18-17-20-22-25-28-43-91-52-64(88)53-94-65-35-41-72(74(89)50-65)80-84-76(68-37-31-56(2)46-60(68)6)82-77(85-80)69-38-32-57(3)47-61(69)7/h31,33-42,46-51,57,64,67,88-90H,10-30,32,43-45,52-55H2,1-9H3. The lowest BCUT2D eigenvalue weighted by atomic mass is 9.92. The van der Waals surface area contributed by atoms with Crippen molar-refractivity contribution < 1.29 is 39.0 Å². The zero-order chi connectivity index (χ0) is 67.3. The molecule has 3 unspecified atom stereocenters. The molecule has 510 valence electrons. The van der Waals surface area contributed by atoms with Crippen molar-refractivity contribution in [3.05, 3.63) is 148 Å². The molecule has 0 saturated heterocycles. The second-order valence-corrected chi connectivity index (χ2v) is 26.6. The molecule has 0 saturated carbocycles. The Morgan fingerprint density at radius 3 is 1.19 bits per heavy atom. The molecule has 7 aromatic rings. The van der Waals surface area contributed by atoms with E-state index < -0.39 is 6.10 Å². The number of phenols is 2. The number of hydrogen-bond acceptors (Lipinski definition) is 14. The minimum absolute atomic E-state index is 0.0220. The number of rotatable bonds is 42. The van der Waals surface area contributed by atoms with Crippen LogP contribution in [0.2, 0.25) is 0 Å². The summed E-state index contributed by atoms with van der Waals surface area (Å²) in [5.41, 5.74) is 12.5. The van der Waals surface area contributed by atoms with Gasteiger partial charge in [0.2, 0.25) is 0 Å². The number of ether oxygens (including phenoxy) is 5. The number of aromatic hydroxyl groups is 2. The molecule has 8 rings (SSSR count). The first-order valence-corrected chi connectivity index (χ1v) is 35.6. The summed E-state index contributed by atoms with van der Waals surface area (Å²) < 4.78 is 30.8. The van der Waals surface area contributed by atoms with Crippen LogP contribution in [0.1, 0.15) is 201 Å². The number of benzene rings is 5. The highest BCUT2D eigenvalue weighted by atomic mass is 16.6. The van der Waals surface area contributed by atoms with Gasteiger partial charge in [-0.05, 0) is 127 Å². The van der Waals surface area contributed by atoms with E-state index in [1.807, 2.05) is 18.2 Å². The summed E-state index contributed by atoms with van der Waals surface area (Å²) in [6, 6.07) is 29.1. The van der Waals surface area contributed by atoms with Crippen LogP contribution in [-0.2, 0) is 14.2 Å². The molecule has 14 nitrogen and oxygen atoms in total. The SMILES string of the molecule is CCCCCCCCCCCCCOCC(COc1ccc(-c2nc(-c3ccc(C)cc3C)nc(-c3ccc(C)cc3C)n2)c(O)c1)OCCCCCCCCCCCCOCC(O)COc1ccc(-c2nc(C3=CCC(C)C=C3C)nc(-c3ccc(C)cc3C)n2)c(O)c1. The van der Waals surface area contributed by atoms with Gasteiger partial charge in [0.1, 0.15) is 48.4 Å². The van der Waals surface area contributed by atoms with E-state index in [1.54, 1.807) is 18.2 Å². The first-order chi connectivity index (χ1) is 46.1. The van der Waals surface area contributed by atoms with Gasteiger partial charge >= 0.3 is 0 Å². The molecule has 2 aromatic heterocycles. The molecule has 1 aliphatic carbocycles. The average Bonchev–Trinajstić information content (AvgIpc) is 0.811. The number of nitrogens with zero attached hydrogens (tertiary/aromatic N) is 6. The van der Waals surface area contributed by atoms with E-state index in [4.69, 9.17) is 53.6 Å². The van der Waals surface area contributed by atoms with Gasteiger partial charge < -0.3 is 39.0 Å². The van der Waals surface area contributed by atoms with E-state index in [0.717, 1.165) is 106 Å². The van der Waals surface area contributed by atoms with E-state index in [0.29, 0.717) is 96.5 Å². The van der Waals surface area contributed by atoms with Crippen LogP contribution in [-0.4, -0.2) is 104 Å². The molecule has 5 aromatic carbocycles. The monoisotopic (exact) mass is 1290 g/mol. The molecule has 2 heterocycles. The van der Waals surface area contributed by atoms with Crippen molar-refractivity contribution >= 4 is 5.57 Å². The largest absolute Gasteiger partial charge is 0.507 e. The van der Waals surface area contributed by atoms with Crippen LogP contribution in [0.3, 0.4) is 0 Å². The average molecular weight is 1290 g/mol. The quantitative estimate of drug-likeness (QED) is 0.0307. The predicted molar refractivity (Wildman–Crippen MR) is 385 cm³/mol. The van der Waals surface area contributed by atoms with Crippen LogP contribution in [0.4, 0.5) is 0 Å². The maximum absolute atomic E-state index is 11.6. The summed E-state index contributed by atoms with van der Waals surface area (Å²) in [4.78, 5) is 29.5. The van der Waals surface area contributed by atoms with Crippen LogP contribution in [0.25, 0.3) is 62.5 Å². The van der Waals surface area contributed by atoms with E-state index in [1.165, 1.54) is 102 Å². The van der Waals surface area contributed by atoms with Gasteiger partial charge in [0.05, 0.1) is 24.3 Å². The molecule has 95 heavy (non-hydrogen) atoms. The van der Waals surface area contributed by atoms with Crippen molar-refractivity contribution in [1.29, 1.82) is 0 Å². The van der Waals surface area contributed by atoms with Crippen LogP contribution in [0.15, 0.2) is 109 Å². The van der Waals surface area contributed by atoms with Crippen molar-refractivity contribution in [2.75, 3.05) is 46.2 Å². The molecule has 0 amide bonds.